The number of hydrogen-bond donors (Lipinski definition) is 2. The fourth-order valence-electron chi connectivity index (χ4n) is 2.76. The quantitative estimate of drug-likeness (QED) is 0.880. The van der Waals surface area contributed by atoms with E-state index in [4.69, 9.17) is 0 Å². The number of piperidine rings is 1. The van der Waals surface area contributed by atoms with Crippen molar-refractivity contribution in [3.05, 3.63) is 32.4 Å². The SMILES string of the molecule is CC(C)(C)c1nc(C(=O)N2CCCC[C@H]2c2n[nH]c(=O)[nH]2)cs1. The molecule has 0 spiro atoms. The van der Waals surface area contributed by atoms with Crippen molar-refractivity contribution in [2.24, 2.45) is 0 Å². The van der Waals surface area contributed by atoms with E-state index >= 15 is 0 Å². The van der Waals surface area contributed by atoms with Crippen LogP contribution in [0.5, 0.6) is 0 Å². The fourth-order valence-corrected chi connectivity index (χ4v) is 3.64. The van der Waals surface area contributed by atoms with Crippen LogP contribution >= 0.6 is 11.3 Å². The van der Waals surface area contributed by atoms with Crippen LogP contribution in [0, 0.1) is 0 Å². The average Bonchev–Trinajstić information content (AvgIpc) is 3.15. The van der Waals surface area contributed by atoms with Gasteiger partial charge in [-0.25, -0.2) is 14.9 Å². The third-order valence-corrected chi connectivity index (χ3v) is 5.23. The number of likely N-dealkylation sites (tertiary alicyclic amines) is 1. The maximum atomic E-state index is 12.9. The summed E-state index contributed by atoms with van der Waals surface area (Å²) in [5.74, 6) is 0.430. The van der Waals surface area contributed by atoms with E-state index in [0.717, 1.165) is 24.3 Å². The molecular weight excluding hydrogens is 314 g/mol. The van der Waals surface area contributed by atoms with Gasteiger partial charge in [-0.15, -0.1) is 11.3 Å². The Kier molecular flexibility index (Phi) is 4.09. The predicted octanol–water partition coefficient (Wildman–Crippen LogP) is 2.22. The lowest BCUT2D eigenvalue weighted by molar-refractivity contribution is 0.0594. The summed E-state index contributed by atoms with van der Waals surface area (Å²) >= 11 is 1.51. The van der Waals surface area contributed by atoms with Crippen LogP contribution in [0.25, 0.3) is 0 Å². The van der Waals surface area contributed by atoms with Gasteiger partial charge in [0.25, 0.3) is 5.91 Å². The third kappa shape index (κ3) is 3.21. The van der Waals surface area contributed by atoms with Gasteiger partial charge in [0.1, 0.15) is 5.69 Å². The van der Waals surface area contributed by atoms with Crippen molar-refractivity contribution in [1.82, 2.24) is 25.1 Å². The molecule has 1 aliphatic rings. The van der Waals surface area contributed by atoms with E-state index in [0.29, 0.717) is 18.1 Å². The second-order valence-corrected chi connectivity index (χ2v) is 7.72. The molecule has 0 radical (unpaired) electrons. The van der Waals surface area contributed by atoms with Crippen molar-refractivity contribution in [2.45, 2.75) is 51.5 Å². The number of nitrogens with zero attached hydrogens (tertiary/aromatic N) is 3. The minimum Gasteiger partial charge on any atom is -0.327 e. The highest BCUT2D eigenvalue weighted by molar-refractivity contribution is 7.10. The predicted molar refractivity (Wildman–Crippen MR) is 87.7 cm³/mol. The zero-order valence-corrected chi connectivity index (χ0v) is 14.4. The molecule has 0 aromatic carbocycles. The van der Waals surface area contributed by atoms with Gasteiger partial charge in [0, 0.05) is 17.3 Å². The van der Waals surface area contributed by atoms with Crippen LogP contribution in [0.4, 0.5) is 0 Å². The van der Waals surface area contributed by atoms with Crippen molar-refractivity contribution in [1.29, 1.82) is 0 Å². The molecule has 2 aromatic heterocycles. The van der Waals surface area contributed by atoms with E-state index in [1.54, 1.807) is 4.90 Å². The summed E-state index contributed by atoms with van der Waals surface area (Å²) in [5, 5.41) is 9.15. The van der Waals surface area contributed by atoms with E-state index < -0.39 is 0 Å². The molecule has 1 saturated heterocycles. The molecular formula is C15H21N5O2S. The minimum absolute atomic E-state index is 0.0715. The molecule has 0 unspecified atom stereocenters. The Labute approximate surface area is 138 Å². The van der Waals surface area contributed by atoms with Crippen molar-refractivity contribution in [2.75, 3.05) is 6.54 Å². The molecule has 23 heavy (non-hydrogen) atoms. The summed E-state index contributed by atoms with van der Waals surface area (Å²) in [6.45, 7) is 6.90. The number of thiazole rings is 1. The maximum absolute atomic E-state index is 12.9. The minimum atomic E-state index is -0.346. The smallest absolute Gasteiger partial charge is 0.327 e. The molecule has 1 aliphatic heterocycles. The first-order chi connectivity index (χ1) is 10.9. The molecule has 2 aromatic rings. The molecule has 1 fully saturated rings. The summed E-state index contributed by atoms with van der Waals surface area (Å²) < 4.78 is 0. The van der Waals surface area contributed by atoms with Gasteiger partial charge in [0.05, 0.1) is 11.0 Å². The van der Waals surface area contributed by atoms with Gasteiger partial charge in [-0.3, -0.25) is 9.78 Å². The molecule has 1 amide bonds. The second-order valence-electron chi connectivity index (χ2n) is 6.86. The average molecular weight is 335 g/mol. The Balaban J connectivity index is 1.87. The molecule has 8 heteroatoms. The molecule has 0 aliphatic carbocycles. The summed E-state index contributed by atoms with van der Waals surface area (Å²) in [6.07, 6.45) is 2.75. The lowest BCUT2D eigenvalue weighted by Gasteiger charge is -2.33. The van der Waals surface area contributed by atoms with Gasteiger partial charge in [-0.05, 0) is 19.3 Å². The standard InChI is InChI=1S/C15H21N5O2S/c1-15(2,3)13-16-9(8-23-13)12(21)20-7-5-4-6-10(20)11-17-14(22)19-18-11/h8,10H,4-7H2,1-3H3,(H2,17,18,19,22)/t10-/m0/s1. The van der Waals surface area contributed by atoms with E-state index in [1.807, 2.05) is 5.38 Å². The first-order valence-electron chi connectivity index (χ1n) is 7.78. The Morgan fingerprint density at radius 3 is 2.78 bits per heavy atom. The summed E-state index contributed by atoms with van der Waals surface area (Å²) in [7, 11) is 0. The number of carbonyl (C=O) groups excluding carboxylic acids is 1. The van der Waals surface area contributed by atoms with Crippen LogP contribution in [-0.2, 0) is 5.41 Å². The third-order valence-electron chi connectivity index (χ3n) is 3.96. The van der Waals surface area contributed by atoms with E-state index in [-0.39, 0.29) is 23.1 Å². The largest absolute Gasteiger partial charge is 0.340 e. The van der Waals surface area contributed by atoms with E-state index in [1.165, 1.54) is 11.3 Å². The fraction of sp³-hybridized carbons (Fsp3) is 0.600. The Bertz CT molecular complexity index is 754. The van der Waals surface area contributed by atoms with Gasteiger partial charge in [0.2, 0.25) is 0 Å². The van der Waals surface area contributed by atoms with Crippen molar-refractivity contribution >= 4 is 17.2 Å². The van der Waals surface area contributed by atoms with Crippen molar-refractivity contribution < 1.29 is 4.79 Å². The number of hydrogen-bond acceptors (Lipinski definition) is 5. The first kappa shape index (κ1) is 15.9. The molecule has 2 N–H and O–H groups in total. The number of H-pyrrole nitrogens is 2. The van der Waals surface area contributed by atoms with Crippen molar-refractivity contribution in [3.8, 4) is 0 Å². The first-order valence-corrected chi connectivity index (χ1v) is 8.66. The summed E-state index contributed by atoms with van der Waals surface area (Å²) in [6, 6.07) is -0.199. The topological polar surface area (TPSA) is 94.7 Å². The monoisotopic (exact) mass is 335 g/mol. The van der Waals surface area contributed by atoms with Gasteiger partial charge >= 0.3 is 5.69 Å². The van der Waals surface area contributed by atoms with Gasteiger partial charge < -0.3 is 4.90 Å². The molecule has 3 heterocycles. The zero-order chi connectivity index (χ0) is 16.6. The number of aromatic amines is 2. The van der Waals surface area contributed by atoms with Crippen LogP contribution in [-0.4, -0.2) is 37.5 Å². The zero-order valence-electron chi connectivity index (χ0n) is 13.5. The van der Waals surface area contributed by atoms with Gasteiger partial charge in [0.15, 0.2) is 5.82 Å². The van der Waals surface area contributed by atoms with Crippen molar-refractivity contribution in [3.63, 3.8) is 0 Å². The molecule has 7 nitrogen and oxygen atoms in total. The highest BCUT2D eigenvalue weighted by Crippen LogP contribution is 2.31. The van der Waals surface area contributed by atoms with E-state index in [2.05, 4.69) is 40.9 Å². The van der Waals surface area contributed by atoms with Gasteiger partial charge in [-0.1, -0.05) is 20.8 Å². The number of rotatable bonds is 2. The maximum Gasteiger partial charge on any atom is 0.340 e. The highest BCUT2D eigenvalue weighted by Gasteiger charge is 2.32. The molecule has 1 atom stereocenters. The Hall–Kier alpha value is -1.96. The summed E-state index contributed by atoms with van der Waals surface area (Å²) in [4.78, 5) is 33.1. The van der Waals surface area contributed by atoms with Crippen LogP contribution in [0.1, 0.15) is 67.4 Å². The van der Waals surface area contributed by atoms with Crippen LogP contribution in [0.3, 0.4) is 0 Å². The van der Waals surface area contributed by atoms with Crippen LogP contribution in [0.2, 0.25) is 0 Å². The molecule has 3 rings (SSSR count). The number of aromatic nitrogens is 4. The van der Waals surface area contributed by atoms with Crippen LogP contribution < -0.4 is 5.69 Å². The second kappa shape index (κ2) is 5.92. The summed E-state index contributed by atoms with van der Waals surface area (Å²) in [5.41, 5.74) is 0.0594. The van der Waals surface area contributed by atoms with E-state index in [9.17, 15) is 9.59 Å². The molecule has 124 valence electrons. The lowest BCUT2D eigenvalue weighted by Crippen LogP contribution is -2.39. The molecule has 0 saturated carbocycles. The normalized spacial score (nSPS) is 19.1. The Morgan fingerprint density at radius 2 is 2.17 bits per heavy atom. The van der Waals surface area contributed by atoms with Gasteiger partial charge in [-0.2, -0.15) is 5.10 Å². The number of carbonyl (C=O) groups is 1. The number of nitrogens with one attached hydrogen (secondary N) is 2. The van der Waals surface area contributed by atoms with Crippen LogP contribution in [0.15, 0.2) is 10.2 Å². The Morgan fingerprint density at radius 1 is 1.39 bits per heavy atom. The molecule has 0 bridgehead atoms. The number of amides is 1. The highest BCUT2D eigenvalue weighted by atomic mass is 32.1. The lowest BCUT2D eigenvalue weighted by atomic mass is 9.98.